The zero-order chi connectivity index (χ0) is 25.4. The van der Waals surface area contributed by atoms with Crippen molar-refractivity contribution in [3.8, 4) is 17.3 Å². The van der Waals surface area contributed by atoms with Crippen LogP contribution in [0.2, 0.25) is 0 Å². The van der Waals surface area contributed by atoms with Crippen molar-refractivity contribution in [3.63, 3.8) is 0 Å². The van der Waals surface area contributed by atoms with Crippen LogP contribution in [0.15, 0.2) is 71.4 Å². The Kier molecular flexibility index (Phi) is 6.01. The predicted molar refractivity (Wildman–Crippen MR) is 137 cm³/mol. The van der Waals surface area contributed by atoms with Crippen molar-refractivity contribution >= 4 is 23.4 Å². The molecule has 10 nitrogen and oxygen atoms in total. The molecule has 0 saturated carbocycles. The molecule has 6 rings (SSSR count). The van der Waals surface area contributed by atoms with E-state index >= 15 is 0 Å². The van der Waals surface area contributed by atoms with E-state index in [2.05, 4.69) is 34.8 Å². The van der Waals surface area contributed by atoms with Gasteiger partial charge in [-0.2, -0.15) is 0 Å². The number of carbonyl (C=O) groups is 1. The Bertz CT molecular complexity index is 1460. The van der Waals surface area contributed by atoms with E-state index in [1.165, 1.54) is 18.7 Å². The van der Waals surface area contributed by atoms with E-state index < -0.39 is 5.60 Å². The summed E-state index contributed by atoms with van der Waals surface area (Å²) in [6.45, 7) is 2.84. The summed E-state index contributed by atoms with van der Waals surface area (Å²) >= 11 is 1.31. The van der Waals surface area contributed by atoms with E-state index in [-0.39, 0.29) is 11.8 Å². The largest absolute Gasteiger partial charge is 0.485 e. The van der Waals surface area contributed by atoms with E-state index in [1.54, 1.807) is 37.1 Å². The highest BCUT2D eigenvalue weighted by Gasteiger charge is 2.48. The van der Waals surface area contributed by atoms with E-state index in [9.17, 15) is 4.79 Å². The van der Waals surface area contributed by atoms with Crippen molar-refractivity contribution in [3.05, 3.63) is 72.6 Å². The van der Waals surface area contributed by atoms with Crippen molar-refractivity contribution in [2.45, 2.75) is 41.5 Å². The summed E-state index contributed by atoms with van der Waals surface area (Å²) in [7, 11) is 0. The number of piperidine rings is 1. The normalized spacial score (nSPS) is 17.9. The molecule has 186 valence electrons. The maximum Gasteiger partial charge on any atom is 0.181 e. The van der Waals surface area contributed by atoms with E-state index in [1.807, 2.05) is 24.3 Å². The lowest BCUT2D eigenvalue weighted by molar-refractivity contribution is 0.0430. The Morgan fingerprint density at radius 2 is 1.86 bits per heavy atom. The summed E-state index contributed by atoms with van der Waals surface area (Å²) in [5, 5.41) is 1.24. The van der Waals surface area contributed by atoms with Gasteiger partial charge < -0.3 is 15.4 Å². The zero-order valence-electron chi connectivity index (χ0n) is 20.1. The van der Waals surface area contributed by atoms with Gasteiger partial charge in [0.05, 0.1) is 18.4 Å². The minimum atomic E-state index is -0.437. The monoisotopic (exact) mass is 512 g/mol. The van der Waals surface area contributed by atoms with Gasteiger partial charge >= 0.3 is 0 Å². The summed E-state index contributed by atoms with van der Waals surface area (Å²) in [5.41, 5.74) is 8.14. The van der Waals surface area contributed by atoms with E-state index in [4.69, 9.17) is 10.5 Å². The Balaban J connectivity index is 1.20. The van der Waals surface area contributed by atoms with Gasteiger partial charge in [0.1, 0.15) is 32.8 Å². The van der Waals surface area contributed by atoms with Crippen LogP contribution in [0.3, 0.4) is 0 Å². The number of rotatable bonds is 5. The number of anilines is 1. The quantitative estimate of drug-likeness (QED) is 0.311. The van der Waals surface area contributed by atoms with Crippen LogP contribution < -0.4 is 15.4 Å². The molecule has 2 aliphatic rings. The Labute approximate surface area is 217 Å². The van der Waals surface area contributed by atoms with Crippen LogP contribution in [-0.4, -0.2) is 54.4 Å². The Morgan fingerprint density at radius 1 is 1.03 bits per heavy atom. The van der Waals surface area contributed by atoms with Gasteiger partial charge in [0.2, 0.25) is 0 Å². The van der Waals surface area contributed by atoms with Gasteiger partial charge in [-0.15, -0.1) is 0 Å². The Morgan fingerprint density at radius 3 is 2.62 bits per heavy atom. The minimum Gasteiger partial charge on any atom is -0.485 e. The van der Waals surface area contributed by atoms with Crippen molar-refractivity contribution in [2.24, 2.45) is 5.73 Å². The summed E-state index contributed by atoms with van der Waals surface area (Å²) in [6, 6.07) is 9.56. The van der Waals surface area contributed by atoms with Gasteiger partial charge in [-0.1, -0.05) is 18.2 Å². The molecule has 0 amide bonds. The van der Waals surface area contributed by atoms with Crippen LogP contribution in [0.25, 0.3) is 11.5 Å². The number of Topliss-reactive ketones (excluding diaryl/α,β-unsaturated/α-hetero) is 1. The summed E-state index contributed by atoms with van der Waals surface area (Å²) in [4.78, 5) is 41.1. The first-order valence-electron chi connectivity index (χ1n) is 12.0. The zero-order valence-corrected chi connectivity index (χ0v) is 20.9. The number of benzene rings is 1. The standard InChI is InChI=1S/C26H24N8O2S/c1-16(35)22-25(34-12-7-26(8-13-34)23(27)17-4-2-3-5-19(17)36-26)31-15-21(32-22)37-20-6-9-30-24(33-20)18-14-28-10-11-29-18/h2-6,9-11,14-15,23H,7-8,12-13,27H2,1H3/t23-/m1/s1. The molecule has 1 spiro atoms. The molecule has 2 aliphatic heterocycles. The van der Waals surface area contributed by atoms with E-state index in [0.29, 0.717) is 46.2 Å². The van der Waals surface area contributed by atoms with Gasteiger partial charge in [0.25, 0.3) is 0 Å². The molecule has 4 aromatic rings. The number of fused-ring (bicyclic) bond motifs is 1. The number of aromatic nitrogens is 6. The number of ether oxygens (including phenoxy) is 1. The third-order valence-corrected chi connectivity index (χ3v) is 7.58. The van der Waals surface area contributed by atoms with Gasteiger partial charge in [-0.3, -0.25) is 9.78 Å². The number of hydrogen-bond acceptors (Lipinski definition) is 11. The molecule has 3 aromatic heterocycles. The highest BCUT2D eigenvalue weighted by molar-refractivity contribution is 7.99. The first-order chi connectivity index (χ1) is 18.0. The second-order valence-corrected chi connectivity index (χ2v) is 10.1. The molecule has 1 aromatic carbocycles. The van der Waals surface area contributed by atoms with Gasteiger partial charge in [0, 0.05) is 57.0 Å². The van der Waals surface area contributed by atoms with Crippen LogP contribution in [0.4, 0.5) is 5.82 Å². The van der Waals surface area contributed by atoms with Crippen molar-refractivity contribution in [2.75, 3.05) is 18.0 Å². The number of nitrogens with two attached hydrogens (primary N) is 1. The fourth-order valence-corrected chi connectivity index (χ4v) is 5.55. The number of para-hydroxylation sites is 1. The summed E-state index contributed by atoms with van der Waals surface area (Å²) in [6.07, 6.45) is 9.58. The summed E-state index contributed by atoms with van der Waals surface area (Å²) in [5.74, 6) is 1.76. The van der Waals surface area contributed by atoms with Gasteiger partial charge in [0.15, 0.2) is 17.4 Å². The first kappa shape index (κ1) is 23.4. The number of hydrogen-bond donors (Lipinski definition) is 1. The molecule has 37 heavy (non-hydrogen) atoms. The predicted octanol–water partition coefficient (Wildman–Crippen LogP) is 3.51. The minimum absolute atomic E-state index is 0.144. The number of carbonyl (C=O) groups excluding carboxylic acids is 1. The lowest BCUT2D eigenvalue weighted by Gasteiger charge is -2.41. The Hall–Kier alpha value is -3.96. The fraction of sp³-hybridized carbons (Fsp3) is 0.269. The molecule has 1 atom stereocenters. The highest BCUT2D eigenvalue weighted by atomic mass is 32.2. The topological polar surface area (TPSA) is 133 Å². The molecule has 0 aliphatic carbocycles. The van der Waals surface area contributed by atoms with Crippen LogP contribution in [0.5, 0.6) is 5.75 Å². The lowest BCUT2D eigenvalue weighted by atomic mass is 9.83. The van der Waals surface area contributed by atoms with E-state index in [0.717, 1.165) is 24.2 Å². The maximum absolute atomic E-state index is 12.6. The SMILES string of the molecule is CC(=O)c1nc(Sc2ccnc(-c3cnccn3)n2)cnc1N1CCC2(CC1)Oc1ccccc1[C@H]2N. The van der Waals surface area contributed by atoms with Crippen LogP contribution >= 0.6 is 11.8 Å². The molecule has 0 radical (unpaired) electrons. The molecule has 2 N–H and O–H groups in total. The van der Waals surface area contributed by atoms with Crippen LogP contribution in [-0.2, 0) is 0 Å². The molecular weight excluding hydrogens is 488 g/mol. The smallest absolute Gasteiger partial charge is 0.181 e. The molecule has 5 heterocycles. The molecular formula is C26H24N8O2S. The second-order valence-electron chi connectivity index (χ2n) is 9.02. The molecule has 1 fully saturated rings. The van der Waals surface area contributed by atoms with Crippen LogP contribution in [0.1, 0.15) is 41.9 Å². The lowest BCUT2D eigenvalue weighted by Crippen LogP contribution is -2.51. The first-order valence-corrected chi connectivity index (χ1v) is 12.8. The van der Waals surface area contributed by atoms with Gasteiger partial charge in [-0.25, -0.2) is 24.9 Å². The maximum atomic E-state index is 12.6. The average molecular weight is 513 g/mol. The molecule has 11 heteroatoms. The van der Waals surface area contributed by atoms with Crippen molar-refractivity contribution in [1.82, 2.24) is 29.9 Å². The molecule has 0 bridgehead atoms. The highest BCUT2D eigenvalue weighted by Crippen LogP contribution is 2.47. The molecule has 0 unspecified atom stereocenters. The van der Waals surface area contributed by atoms with Gasteiger partial charge in [-0.05, 0) is 23.9 Å². The van der Waals surface area contributed by atoms with Crippen molar-refractivity contribution in [1.29, 1.82) is 0 Å². The molecule has 1 saturated heterocycles. The summed E-state index contributed by atoms with van der Waals surface area (Å²) < 4.78 is 6.36. The third kappa shape index (κ3) is 4.40. The average Bonchev–Trinajstić information content (AvgIpc) is 3.20. The fourth-order valence-electron chi connectivity index (χ4n) is 4.83. The number of nitrogens with zero attached hydrogens (tertiary/aromatic N) is 7. The second kappa shape index (κ2) is 9.49. The number of ketones is 1. The van der Waals surface area contributed by atoms with Crippen LogP contribution in [0, 0.1) is 0 Å². The third-order valence-electron chi connectivity index (χ3n) is 6.74. The van der Waals surface area contributed by atoms with Crippen molar-refractivity contribution < 1.29 is 9.53 Å².